The molecule has 1 rings (SSSR count). The van der Waals surface area contributed by atoms with Gasteiger partial charge in [-0.1, -0.05) is 6.92 Å². The predicted molar refractivity (Wildman–Crippen MR) is 54.7 cm³/mol. The van der Waals surface area contributed by atoms with Gasteiger partial charge < -0.3 is 0 Å². The highest BCUT2D eigenvalue weighted by Gasteiger charge is 2.04. The van der Waals surface area contributed by atoms with Crippen molar-refractivity contribution in [3.05, 3.63) is 17.5 Å². The molecule has 0 aliphatic heterocycles. The van der Waals surface area contributed by atoms with Crippen LogP contribution in [0.25, 0.3) is 0 Å². The molecule has 0 saturated carbocycles. The molecule has 0 spiro atoms. The molecule has 68 valence electrons. The van der Waals surface area contributed by atoms with E-state index in [0.717, 1.165) is 18.0 Å². The van der Waals surface area contributed by atoms with Crippen LogP contribution in [0.5, 0.6) is 0 Å². The van der Waals surface area contributed by atoms with Gasteiger partial charge in [-0.05, 0) is 31.6 Å². The lowest BCUT2D eigenvalue weighted by Gasteiger charge is -2.09. The summed E-state index contributed by atoms with van der Waals surface area (Å²) in [5, 5.41) is 4.38. The summed E-state index contributed by atoms with van der Waals surface area (Å²) in [6.07, 6.45) is 0. The van der Waals surface area contributed by atoms with E-state index >= 15 is 0 Å². The average molecular weight is 184 g/mol. The summed E-state index contributed by atoms with van der Waals surface area (Å²) in [6.45, 7) is 7.27. The van der Waals surface area contributed by atoms with Gasteiger partial charge in [-0.3, -0.25) is 4.68 Å². The number of rotatable bonds is 3. The lowest BCUT2D eigenvalue weighted by atomic mass is 10.2. The van der Waals surface area contributed by atoms with E-state index in [-0.39, 0.29) is 0 Å². The first kappa shape index (κ1) is 9.65. The Hall–Kier alpha value is -0.440. The van der Waals surface area contributed by atoms with Crippen LogP contribution in [0, 0.1) is 19.8 Å². The Balaban J connectivity index is 2.68. The van der Waals surface area contributed by atoms with Gasteiger partial charge in [0.1, 0.15) is 0 Å². The van der Waals surface area contributed by atoms with Gasteiger partial charge in [0.2, 0.25) is 0 Å². The van der Waals surface area contributed by atoms with Gasteiger partial charge in [0.25, 0.3) is 0 Å². The first-order valence-corrected chi connectivity index (χ1v) is 4.88. The monoisotopic (exact) mass is 184 g/mol. The standard InChI is InChI=1S/C9H16N2S/c1-7(6-12)5-11-9(3)4-8(2)10-11/h4,7,12H,5-6H2,1-3H3. The molecule has 1 unspecified atom stereocenters. The number of hydrogen-bond donors (Lipinski definition) is 1. The molecular weight excluding hydrogens is 168 g/mol. The van der Waals surface area contributed by atoms with Crippen LogP contribution in [0.1, 0.15) is 18.3 Å². The fourth-order valence-corrected chi connectivity index (χ4v) is 1.33. The van der Waals surface area contributed by atoms with E-state index < -0.39 is 0 Å². The van der Waals surface area contributed by atoms with Crippen molar-refractivity contribution in [1.29, 1.82) is 0 Å². The van der Waals surface area contributed by atoms with Crippen LogP contribution in [0.15, 0.2) is 6.07 Å². The molecule has 1 heterocycles. The third kappa shape index (κ3) is 2.27. The molecule has 0 fully saturated rings. The Kier molecular flexibility index (Phi) is 3.20. The Morgan fingerprint density at radius 1 is 1.58 bits per heavy atom. The van der Waals surface area contributed by atoms with Crippen LogP contribution in [0.3, 0.4) is 0 Å². The summed E-state index contributed by atoms with van der Waals surface area (Å²) < 4.78 is 2.05. The van der Waals surface area contributed by atoms with Gasteiger partial charge in [0.05, 0.1) is 5.69 Å². The zero-order chi connectivity index (χ0) is 9.14. The van der Waals surface area contributed by atoms with Crippen molar-refractivity contribution >= 4 is 12.6 Å². The maximum atomic E-state index is 4.38. The van der Waals surface area contributed by atoms with Gasteiger partial charge in [0, 0.05) is 12.2 Å². The molecular formula is C9H16N2S. The molecule has 1 aromatic rings. The zero-order valence-electron chi connectivity index (χ0n) is 7.91. The molecule has 0 aliphatic carbocycles. The highest BCUT2D eigenvalue weighted by Crippen LogP contribution is 2.06. The Labute approximate surface area is 79.4 Å². The van der Waals surface area contributed by atoms with Crippen LogP contribution in [0.4, 0.5) is 0 Å². The summed E-state index contributed by atoms with van der Waals surface area (Å²) in [7, 11) is 0. The third-order valence-electron chi connectivity index (χ3n) is 1.90. The van der Waals surface area contributed by atoms with E-state index in [2.05, 4.69) is 42.3 Å². The number of hydrogen-bond acceptors (Lipinski definition) is 2. The van der Waals surface area contributed by atoms with Crippen molar-refractivity contribution in [2.24, 2.45) is 5.92 Å². The fraction of sp³-hybridized carbons (Fsp3) is 0.667. The molecule has 0 N–H and O–H groups in total. The zero-order valence-corrected chi connectivity index (χ0v) is 8.80. The summed E-state index contributed by atoms with van der Waals surface area (Å²) in [5.74, 6) is 1.50. The van der Waals surface area contributed by atoms with Crippen molar-refractivity contribution < 1.29 is 0 Å². The number of thiol groups is 1. The Bertz CT molecular complexity index is 255. The lowest BCUT2D eigenvalue weighted by molar-refractivity contribution is 0.479. The van der Waals surface area contributed by atoms with E-state index in [1.54, 1.807) is 0 Å². The number of nitrogens with zero attached hydrogens (tertiary/aromatic N) is 2. The van der Waals surface area contributed by atoms with Gasteiger partial charge >= 0.3 is 0 Å². The first-order valence-electron chi connectivity index (χ1n) is 4.25. The molecule has 0 aromatic carbocycles. The minimum atomic E-state index is 0.589. The summed E-state index contributed by atoms with van der Waals surface area (Å²) >= 11 is 4.25. The molecule has 0 amide bonds. The smallest absolute Gasteiger partial charge is 0.0596 e. The normalized spacial score (nSPS) is 13.3. The molecule has 0 aliphatic rings. The van der Waals surface area contributed by atoms with Crippen LogP contribution in [-0.4, -0.2) is 15.5 Å². The van der Waals surface area contributed by atoms with E-state index in [9.17, 15) is 0 Å². The average Bonchev–Trinajstić information content (AvgIpc) is 2.30. The molecule has 0 radical (unpaired) electrons. The largest absolute Gasteiger partial charge is 0.269 e. The molecule has 2 nitrogen and oxygen atoms in total. The second-order valence-corrected chi connectivity index (χ2v) is 3.76. The Morgan fingerprint density at radius 3 is 2.67 bits per heavy atom. The quantitative estimate of drug-likeness (QED) is 0.712. The van der Waals surface area contributed by atoms with Gasteiger partial charge in [-0.15, -0.1) is 0 Å². The van der Waals surface area contributed by atoms with Gasteiger partial charge in [-0.2, -0.15) is 17.7 Å². The van der Waals surface area contributed by atoms with E-state index in [0.29, 0.717) is 5.92 Å². The van der Waals surface area contributed by atoms with E-state index in [1.807, 2.05) is 6.92 Å². The molecule has 3 heteroatoms. The van der Waals surface area contributed by atoms with Crippen LogP contribution in [0.2, 0.25) is 0 Å². The summed E-state index contributed by atoms with van der Waals surface area (Å²) in [5.41, 5.74) is 2.33. The van der Waals surface area contributed by atoms with E-state index in [4.69, 9.17) is 0 Å². The first-order chi connectivity index (χ1) is 5.63. The lowest BCUT2D eigenvalue weighted by Crippen LogP contribution is -2.11. The Morgan fingerprint density at radius 2 is 2.25 bits per heavy atom. The molecule has 12 heavy (non-hydrogen) atoms. The highest BCUT2D eigenvalue weighted by molar-refractivity contribution is 7.80. The molecule has 0 saturated heterocycles. The predicted octanol–water partition coefficient (Wildman–Crippen LogP) is 2.07. The van der Waals surface area contributed by atoms with Gasteiger partial charge in [0.15, 0.2) is 0 Å². The third-order valence-corrected chi connectivity index (χ3v) is 2.52. The number of aryl methyl sites for hydroxylation is 2. The van der Waals surface area contributed by atoms with Crippen molar-refractivity contribution in [1.82, 2.24) is 9.78 Å². The minimum Gasteiger partial charge on any atom is -0.269 e. The van der Waals surface area contributed by atoms with Crippen LogP contribution in [-0.2, 0) is 6.54 Å². The van der Waals surface area contributed by atoms with Crippen LogP contribution < -0.4 is 0 Å². The molecule has 0 bridgehead atoms. The second-order valence-electron chi connectivity index (χ2n) is 3.40. The highest BCUT2D eigenvalue weighted by atomic mass is 32.1. The SMILES string of the molecule is Cc1cc(C)n(CC(C)CS)n1. The van der Waals surface area contributed by atoms with Crippen molar-refractivity contribution in [3.63, 3.8) is 0 Å². The topological polar surface area (TPSA) is 17.8 Å². The minimum absolute atomic E-state index is 0.589. The maximum Gasteiger partial charge on any atom is 0.0596 e. The summed E-state index contributed by atoms with van der Waals surface area (Å²) in [6, 6.07) is 2.10. The fourth-order valence-electron chi connectivity index (χ4n) is 1.21. The molecule has 1 aromatic heterocycles. The van der Waals surface area contributed by atoms with E-state index in [1.165, 1.54) is 5.69 Å². The van der Waals surface area contributed by atoms with Crippen molar-refractivity contribution in [3.8, 4) is 0 Å². The second kappa shape index (κ2) is 3.99. The number of aromatic nitrogens is 2. The van der Waals surface area contributed by atoms with Crippen LogP contribution >= 0.6 is 12.6 Å². The van der Waals surface area contributed by atoms with Crippen molar-refractivity contribution in [2.45, 2.75) is 27.3 Å². The van der Waals surface area contributed by atoms with Crippen molar-refractivity contribution in [2.75, 3.05) is 5.75 Å². The molecule has 1 atom stereocenters. The maximum absolute atomic E-state index is 4.38. The van der Waals surface area contributed by atoms with Gasteiger partial charge in [-0.25, -0.2) is 0 Å². The summed E-state index contributed by atoms with van der Waals surface area (Å²) in [4.78, 5) is 0.